The molecule has 0 radical (unpaired) electrons. The van der Waals surface area contributed by atoms with Crippen LogP contribution in [0, 0.1) is 0 Å². The summed E-state index contributed by atoms with van der Waals surface area (Å²) in [4.78, 5) is 15.9. The highest BCUT2D eigenvalue weighted by Crippen LogP contribution is 2.21. The van der Waals surface area contributed by atoms with Crippen LogP contribution < -0.4 is 10.1 Å². The number of pyridine rings is 1. The number of nitrogens with one attached hydrogen (secondary N) is 1. The molecule has 1 heterocycles. The lowest BCUT2D eigenvalue weighted by molar-refractivity contribution is -0.0498. The van der Waals surface area contributed by atoms with Gasteiger partial charge in [-0.15, -0.1) is 0 Å². The molecule has 1 amide bonds. The normalized spacial score (nSPS) is 10.5. The molecule has 8 heteroatoms. The summed E-state index contributed by atoms with van der Waals surface area (Å²) >= 11 is 9.04. The van der Waals surface area contributed by atoms with Crippen LogP contribution >= 0.6 is 27.5 Å². The molecule has 0 aliphatic heterocycles. The Morgan fingerprint density at radius 3 is 2.62 bits per heavy atom. The van der Waals surface area contributed by atoms with E-state index in [2.05, 4.69) is 31.0 Å². The number of benzene rings is 1. The van der Waals surface area contributed by atoms with Crippen molar-refractivity contribution in [3.8, 4) is 5.75 Å². The minimum Gasteiger partial charge on any atom is -0.435 e. The Morgan fingerprint density at radius 1 is 1.33 bits per heavy atom. The van der Waals surface area contributed by atoms with E-state index in [9.17, 15) is 13.6 Å². The molecule has 0 aliphatic carbocycles. The van der Waals surface area contributed by atoms with Gasteiger partial charge in [-0.25, -0.2) is 4.98 Å². The molecule has 1 aromatic carbocycles. The van der Waals surface area contributed by atoms with Crippen LogP contribution in [0.25, 0.3) is 0 Å². The third-order valence-electron chi connectivity index (χ3n) is 2.39. The molecule has 1 aromatic heterocycles. The number of alkyl halides is 2. The number of hydrogen-bond donors (Lipinski definition) is 1. The van der Waals surface area contributed by atoms with Gasteiger partial charge in [-0.3, -0.25) is 4.79 Å². The quantitative estimate of drug-likeness (QED) is 0.806. The van der Waals surface area contributed by atoms with E-state index in [1.807, 2.05) is 0 Å². The first-order valence-corrected chi connectivity index (χ1v) is 6.80. The van der Waals surface area contributed by atoms with E-state index in [0.29, 0.717) is 10.2 Å². The first-order valence-electron chi connectivity index (χ1n) is 5.63. The predicted molar refractivity (Wildman–Crippen MR) is 78.0 cm³/mol. The number of ether oxygens (including phenoxy) is 1. The molecule has 0 spiro atoms. The summed E-state index contributed by atoms with van der Waals surface area (Å²) in [6, 6.07) is 7.05. The van der Waals surface area contributed by atoms with Gasteiger partial charge in [0.15, 0.2) is 0 Å². The highest BCUT2D eigenvalue weighted by atomic mass is 79.9. The summed E-state index contributed by atoms with van der Waals surface area (Å²) in [5.41, 5.74) is 0.608. The van der Waals surface area contributed by atoms with E-state index in [4.69, 9.17) is 11.6 Å². The van der Waals surface area contributed by atoms with E-state index >= 15 is 0 Å². The van der Waals surface area contributed by atoms with Crippen molar-refractivity contribution in [1.82, 2.24) is 4.98 Å². The van der Waals surface area contributed by atoms with Crippen LogP contribution in [0.2, 0.25) is 5.15 Å². The Balaban J connectivity index is 2.10. The summed E-state index contributed by atoms with van der Waals surface area (Å²) in [5, 5.41) is 2.64. The summed E-state index contributed by atoms with van der Waals surface area (Å²) < 4.78 is 28.9. The molecular weight excluding hydrogens is 370 g/mol. The molecular formula is C13H8BrClF2N2O2. The van der Waals surface area contributed by atoms with Crippen molar-refractivity contribution in [2.75, 3.05) is 5.32 Å². The Hall–Kier alpha value is -1.73. The standard InChI is InChI=1S/C13H8BrClF2N2O2/c14-7-5-10(11(15)18-6-7)12(20)19-8-1-3-9(4-2-8)21-13(16)17/h1-6,13H,(H,19,20). The average Bonchev–Trinajstić information content (AvgIpc) is 2.43. The summed E-state index contributed by atoms with van der Waals surface area (Å²) in [6.45, 7) is -2.89. The number of anilines is 1. The first kappa shape index (κ1) is 15.7. The lowest BCUT2D eigenvalue weighted by Gasteiger charge is -2.08. The second-order valence-electron chi connectivity index (χ2n) is 3.85. The van der Waals surface area contributed by atoms with Crippen LogP contribution in [-0.2, 0) is 0 Å². The third-order valence-corrected chi connectivity index (χ3v) is 3.12. The fourth-order valence-corrected chi connectivity index (χ4v) is 2.02. The highest BCUT2D eigenvalue weighted by Gasteiger charge is 2.12. The molecule has 0 saturated carbocycles. The third kappa shape index (κ3) is 4.37. The molecule has 0 unspecified atom stereocenters. The maximum Gasteiger partial charge on any atom is 0.387 e. The molecule has 110 valence electrons. The summed E-state index contributed by atoms with van der Waals surface area (Å²) in [5.74, 6) is -0.457. The zero-order valence-corrected chi connectivity index (χ0v) is 12.7. The first-order chi connectivity index (χ1) is 9.95. The fourth-order valence-electron chi connectivity index (χ4n) is 1.50. The van der Waals surface area contributed by atoms with Gasteiger partial charge < -0.3 is 10.1 Å². The number of nitrogens with zero attached hydrogens (tertiary/aromatic N) is 1. The van der Waals surface area contributed by atoms with Gasteiger partial charge in [0, 0.05) is 16.4 Å². The van der Waals surface area contributed by atoms with E-state index in [-0.39, 0.29) is 16.5 Å². The second-order valence-corrected chi connectivity index (χ2v) is 5.12. The molecule has 0 bridgehead atoms. The summed E-state index contributed by atoms with van der Waals surface area (Å²) in [6.07, 6.45) is 1.47. The zero-order valence-electron chi connectivity index (χ0n) is 10.3. The fraction of sp³-hybridized carbons (Fsp3) is 0.0769. The van der Waals surface area contributed by atoms with Gasteiger partial charge in [-0.05, 0) is 46.3 Å². The molecule has 0 aliphatic rings. The number of carbonyl (C=O) groups excluding carboxylic acids is 1. The molecule has 4 nitrogen and oxygen atoms in total. The van der Waals surface area contributed by atoms with Crippen molar-refractivity contribution >= 4 is 39.1 Å². The van der Waals surface area contributed by atoms with Crippen LogP contribution in [0.15, 0.2) is 41.0 Å². The Bertz CT molecular complexity index is 653. The van der Waals surface area contributed by atoms with Crippen molar-refractivity contribution in [2.45, 2.75) is 6.61 Å². The van der Waals surface area contributed by atoms with Gasteiger partial charge in [0.2, 0.25) is 0 Å². The molecule has 0 saturated heterocycles. The van der Waals surface area contributed by atoms with Crippen molar-refractivity contribution in [2.24, 2.45) is 0 Å². The SMILES string of the molecule is O=C(Nc1ccc(OC(F)F)cc1)c1cc(Br)cnc1Cl. The van der Waals surface area contributed by atoms with Crippen LogP contribution in [0.4, 0.5) is 14.5 Å². The molecule has 2 aromatic rings. The van der Waals surface area contributed by atoms with Gasteiger partial charge in [0.25, 0.3) is 5.91 Å². The number of hydrogen-bond acceptors (Lipinski definition) is 3. The molecule has 21 heavy (non-hydrogen) atoms. The van der Waals surface area contributed by atoms with E-state index < -0.39 is 12.5 Å². The number of amides is 1. The monoisotopic (exact) mass is 376 g/mol. The highest BCUT2D eigenvalue weighted by molar-refractivity contribution is 9.10. The van der Waals surface area contributed by atoms with Crippen LogP contribution in [0.1, 0.15) is 10.4 Å². The molecule has 2 rings (SSSR count). The maximum atomic E-state index is 12.0. The number of halogens is 4. The largest absolute Gasteiger partial charge is 0.435 e. The minimum absolute atomic E-state index is 0.00477. The van der Waals surface area contributed by atoms with E-state index in [1.54, 1.807) is 0 Å². The van der Waals surface area contributed by atoms with E-state index in [0.717, 1.165) is 0 Å². The zero-order chi connectivity index (χ0) is 15.4. The number of rotatable bonds is 4. The van der Waals surface area contributed by atoms with Gasteiger partial charge in [-0.2, -0.15) is 8.78 Å². The Labute approximate surface area is 132 Å². The number of carbonyl (C=O) groups is 1. The average molecular weight is 378 g/mol. The van der Waals surface area contributed by atoms with Crippen LogP contribution in [-0.4, -0.2) is 17.5 Å². The van der Waals surface area contributed by atoms with Crippen molar-refractivity contribution in [3.63, 3.8) is 0 Å². The molecule has 0 fully saturated rings. The summed E-state index contributed by atoms with van der Waals surface area (Å²) in [7, 11) is 0. The Kier molecular flexibility index (Phi) is 5.08. The lowest BCUT2D eigenvalue weighted by Crippen LogP contribution is -2.13. The van der Waals surface area contributed by atoms with Gasteiger partial charge in [0.05, 0.1) is 5.56 Å². The molecule has 1 N–H and O–H groups in total. The van der Waals surface area contributed by atoms with Crippen molar-refractivity contribution in [1.29, 1.82) is 0 Å². The minimum atomic E-state index is -2.89. The second kappa shape index (κ2) is 6.82. The van der Waals surface area contributed by atoms with Gasteiger partial charge >= 0.3 is 6.61 Å². The number of aromatic nitrogens is 1. The van der Waals surface area contributed by atoms with Crippen LogP contribution in [0.3, 0.4) is 0 Å². The predicted octanol–water partition coefficient (Wildman–Crippen LogP) is 4.35. The Morgan fingerprint density at radius 2 is 2.00 bits per heavy atom. The topological polar surface area (TPSA) is 51.2 Å². The van der Waals surface area contributed by atoms with Gasteiger partial charge in [0.1, 0.15) is 10.9 Å². The smallest absolute Gasteiger partial charge is 0.387 e. The molecule has 0 atom stereocenters. The van der Waals surface area contributed by atoms with Crippen molar-refractivity contribution < 1.29 is 18.3 Å². The lowest BCUT2D eigenvalue weighted by atomic mass is 10.2. The van der Waals surface area contributed by atoms with Crippen LogP contribution in [0.5, 0.6) is 5.75 Å². The van der Waals surface area contributed by atoms with Crippen molar-refractivity contribution in [3.05, 3.63) is 51.7 Å². The van der Waals surface area contributed by atoms with Gasteiger partial charge in [-0.1, -0.05) is 11.6 Å². The van der Waals surface area contributed by atoms with E-state index in [1.165, 1.54) is 36.5 Å². The maximum absolute atomic E-state index is 12.0.